The monoisotopic (exact) mass is 682 g/mol. The minimum absolute atomic E-state index is 0.0592. The molecule has 0 saturated carbocycles. The molecular formula is C28H22F8N2O5S2. The molecule has 1 aliphatic heterocycles. The number of hydrogen-bond donors (Lipinski definition) is 1. The number of benzene rings is 3. The Labute approximate surface area is 251 Å². The molecule has 3 aromatic carbocycles. The topological polar surface area (TPSA) is 115 Å². The maximum atomic E-state index is 15.0. The first-order chi connectivity index (χ1) is 20.7. The fourth-order valence-electron chi connectivity index (χ4n) is 6.25. The van der Waals surface area contributed by atoms with Crippen molar-refractivity contribution in [3.8, 4) is 0 Å². The summed E-state index contributed by atoms with van der Waals surface area (Å²) in [6, 6.07) is 8.06. The number of nitrogens with zero attached hydrogens (tertiary/aromatic N) is 1. The fourth-order valence-corrected chi connectivity index (χ4v) is 9.13. The predicted octanol–water partition coefficient (Wildman–Crippen LogP) is 5.29. The minimum atomic E-state index is -6.40. The van der Waals surface area contributed by atoms with Crippen LogP contribution in [0.15, 0.2) is 76.5 Å². The zero-order chi connectivity index (χ0) is 33.4. The highest BCUT2D eigenvalue weighted by atomic mass is 32.2. The van der Waals surface area contributed by atoms with Crippen LogP contribution < -0.4 is 5.14 Å². The second-order valence-corrected chi connectivity index (χ2v) is 14.5. The van der Waals surface area contributed by atoms with E-state index in [1.54, 1.807) is 0 Å². The summed E-state index contributed by atoms with van der Waals surface area (Å²) >= 11 is 0. The number of alkyl halides is 7. The summed E-state index contributed by atoms with van der Waals surface area (Å²) in [6.07, 6.45) is -13.8. The van der Waals surface area contributed by atoms with Crippen LogP contribution in [0, 0.1) is 5.82 Å². The number of sulfone groups is 1. The molecule has 1 heterocycles. The summed E-state index contributed by atoms with van der Waals surface area (Å²) < 4.78 is 160. The lowest BCUT2D eigenvalue weighted by molar-refractivity contribution is -0.348. The molecular weight excluding hydrogens is 660 g/mol. The number of rotatable bonds is 5. The maximum absolute atomic E-state index is 15.0. The molecule has 17 heteroatoms. The van der Waals surface area contributed by atoms with Crippen LogP contribution in [-0.4, -0.2) is 52.6 Å². The molecule has 0 spiro atoms. The molecule has 1 aliphatic carbocycles. The number of nitrogens with two attached hydrogens (primary N) is 1. The largest absolute Gasteiger partial charge is 0.435 e. The molecule has 242 valence electrons. The molecule has 0 unspecified atom stereocenters. The zero-order valence-electron chi connectivity index (χ0n) is 22.7. The van der Waals surface area contributed by atoms with Crippen LogP contribution in [0.3, 0.4) is 0 Å². The molecule has 1 saturated heterocycles. The van der Waals surface area contributed by atoms with Crippen molar-refractivity contribution in [3.05, 3.63) is 94.8 Å². The molecule has 5 rings (SSSR count). The Hall–Kier alpha value is -3.57. The number of likely N-dealkylation sites (tertiary alicyclic amines) is 1. The number of aryl methyl sites for hydroxylation is 1. The zero-order valence-corrected chi connectivity index (χ0v) is 24.3. The molecule has 1 fully saturated rings. The first kappa shape index (κ1) is 32.8. The smallest absolute Gasteiger partial charge is 0.334 e. The van der Waals surface area contributed by atoms with Gasteiger partial charge in [0.15, 0.2) is 9.84 Å². The Morgan fingerprint density at radius 1 is 0.822 bits per heavy atom. The molecule has 2 aliphatic rings. The van der Waals surface area contributed by atoms with Crippen LogP contribution in [0.2, 0.25) is 0 Å². The van der Waals surface area contributed by atoms with Gasteiger partial charge in [0.25, 0.3) is 5.91 Å². The Balaban J connectivity index is 1.68. The molecule has 0 bridgehead atoms. The highest BCUT2D eigenvalue weighted by Gasteiger charge is 2.73. The van der Waals surface area contributed by atoms with Gasteiger partial charge < -0.3 is 4.90 Å². The van der Waals surface area contributed by atoms with E-state index in [2.05, 4.69) is 0 Å². The summed E-state index contributed by atoms with van der Waals surface area (Å²) in [5.41, 5.74) is -8.11. The van der Waals surface area contributed by atoms with Gasteiger partial charge in [-0.1, -0.05) is 18.2 Å². The summed E-state index contributed by atoms with van der Waals surface area (Å²) in [7, 11) is -8.78. The number of carbonyl (C=O) groups is 1. The molecule has 7 nitrogen and oxygen atoms in total. The SMILES string of the molecule is NS(=O)(=O)c1ccc(C(=O)N2CC[C@@]3(S(=O)(=O)c4ccc(F)cc4)c4ccc(C(F)(C(F)(F)F)C(F)(F)F)cc4CC[C@@H]23)cc1. The summed E-state index contributed by atoms with van der Waals surface area (Å²) in [4.78, 5) is 14.1. The van der Waals surface area contributed by atoms with Gasteiger partial charge >= 0.3 is 18.0 Å². The Morgan fingerprint density at radius 3 is 1.91 bits per heavy atom. The average molecular weight is 683 g/mol. The lowest BCUT2D eigenvalue weighted by Gasteiger charge is -2.43. The van der Waals surface area contributed by atoms with Crippen molar-refractivity contribution in [2.45, 2.75) is 57.9 Å². The molecule has 2 atom stereocenters. The van der Waals surface area contributed by atoms with Gasteiger partial charge in [-0.15, -0.1) is 0 Å². The number of sulfonamides is 1. The third-order valence-electron chi connectivity index (χ3n) is 8.36. The number of halogens is 8. The van der Waals surface area contributed by atoms with E-state index in [-0.39, 0.29) is 53.5 Å². The van der Waals surface area contributed by atoms with Crippen molar-refractivity contribution in [2.24, 2.45) is 5.14 Å². The van der Waals surface area contributed by atoms with Crippen LogP contribution in [-0.2, 0) is 36.7 Å². The Kier molecular flexibility index (Phi) is 7.64. The number of fused-ring (bicyclic) bond motifs is 3. The molecule has 0 radical (unpaired) electrons. The van der Waals surface area contributed by atoms with Gasteiger partial charge in [-0.2, -0.15) is 26.3 Å². The second kappa shape index (κ2) is 10.5. The summed E-state index contributed by atoms with van der Waals surface area (Å²) in [5.74, 6) is -1.53. The van der Waals surface area contributed by atoms with E-state index >= 15 is 0 Å². The van der Waals surface area contributed by atoms with Gasteiger partial charge in [0.2, 0.25) is 10.0 Å². The Bertz CT molecular complexity index is 1860. The second-order valence-electron chi connectivity index (χ2n) is 10.7. The van der Waals surface area contributed by atoms with E-state index < -0.39 is 70.9 Å². The summed E-state index contributed by atoms with van der Waals surface area (Å²) in [5, 5.41) is 5.09. The van der Waals surface area contributed by atoms with E-state index in [9.17, 15) is 56.8 Å². The average Bonchev–Trinajstić information content (AvgIpc) is 3.36. The first-order valence-electron chi connectivity index (χ1n) is 13.1. The van der Waals surface area contributed by atoms with Crippen molar-refractivity contribution in [3.63, 3.8) is 0 Å². The van der Waals surface area contributed by atoms with Crippen LogP contribution in [0.4, 0.5) is 35.1 Å². The van der Waals surface area contributed by atoms with Gasteiger partial charge in [-0.25, -0.2) is 30.8 Å². The van der Waals surface area contributed by atoms with Crippen molar-refractivity contribution in [1.82, 2.24) is 4.90 Å². The first-order valence-corrected chi connectivity index (χ1v) is 16.1. The number of amides is 1. The number of carbonyl (C=O) groups excluding carboxylic acids is 1. The molecule has 2 N–H and O–H groups in total. The van der Waals surface area contributed by atoms with Crippen molar-refractivity contribution in [2.75, 3.05) is 6.54 Å². The number of primary sulfonamides is 1. The van der Waals surface area contributed by atoms with E-state index in [0.29, 0.717) is 12.1 Å². The van der Waals surface area contributed by atoms with E-state index in [4.69, 9.17) is 5.14 Å². The van der Waals surface area contributed by atoms with Gasteiger partial charge in [-0.05, 0) is 78.9 Å². The number of hydrogen-bond acceptors (Lipinski definition) is 5. The Morgan fingerprint density at radius 2 is 1.38 bits per heavy atom. The van der Waals surface area contributed by atoms with E-state index in [1.165, 1.54) is 4.90 Å². The van der Waals surface area contributed by atoms with Crippen molar-refractivity contribution in [1.29, 1.82) is 0 Å². The fraction of sp³-hybridized carbons (Fsp3) is 0.321. The molecule has 45 heavy (non-hydrogen) atoms. The standard InChI is InChI=1S/C28H22F8N2O5S2/c29-19-5-9-20(10-6-19)44(40,41)25-13-14-38(24(39)16-1-7-21(8-2-16)45(37,42)43)23(25)12-3-17-15-18(4-11-22(17)25)26(30,27(31,32)33)28(34,35)36/h1-2,4-11,15,23H,3,12-14H2,(H2,37,42,43)/t23-,25-/m1/s1. The third-order valence-corrected chi connectivity index (χ3v) is 11.8. The van der Waals surface area contributed by atoms with Crippen LogP contribution in [0.1, 0.15) is 39.9 Å². The minimum Gasteiger partial charge on any atom is -0.334 e. The normalized spacial score (nSPS) is 20.9. The van der Waals surface area contributed by atoms with Crippen LogP contribution in [0.25, 0.3) is 0 Å². The van der Waals surface area contributed by atoms with Gasteiger partial charge in [0.05, 0.1) is 15.8 Å². The van der Waals surface area contributed by atoms with Crippen LogP contribution in [0.5, 0.6) is 0 Å². The van der Waals surface area contributed by atoms with E-state index in [0.717, 1.165) is 48.5 Å². The van der Waals surface area contributed by atoms with Crippen LogP contribution >= 0.6 is 0 Å². The quantitative estimate of drug-likeness (QED) is 0.290. The molecule has 1 amide bonds. The lowest BCUT2D eigenvalue weighted by Crippen LogP contribution is -2.53. The van der Waals surface area contributed by atoms with Crippen molar-refractivity contribution >= 4 is 25.8 Å². The third kappa shape index (κ3) is 4.99. The highest BCUT2D eigenvalue weighted by molar-refractivity contribution is 7.92. The predicted molar refractivity (Wildman–Crippen MR) is 142 cm³/mol. The van der Waals surface area contributed by atoms with Crippen molar-refractivity contribution < 1.29 is 56.8 Å². The molecule has 3 aromatic rings. The summed E-state index contributed by atoms with van der Waals surface area (Å²) in [6.45, 7) is -0.250. The molecule has 0 aromatic heterocycles. The van der Waals surface area contributed by atoms with Gasteiger partial charge in [0.1, 0.15) is 10.6 Å². The van der Waals surface area contributed by atoms with Gasteiger partial charge in [-0.3, -0.25) is 4.79 Å². The highest BCUT2D eigenvalue weighted by Crippen LogP contribution is 2.56. The maximum Gasteiger partial charge on any atom is 0.435 e. The lowest BCUT2D eigenvalue weighted by atomic mass is 9.76. The van der Waals surface area contributed by atoms with Gasteiger partial charge in [0, 0.05) is 17.7 Å². The van der Waals surface area contributed by atoms with E-state index in [1.807, 2.05) is 0 Å².